The average Bonchev–Trinajstić information content (AvgIpc) is 3.08. The van der Waals surface area contributed by atoms with E-state index in [2.05, 4.69) is 19.7 Å². The van der Waals surface area contributed by atoms with Crippen molar-refractivity contribution in [2.24, 2.45) is 0 Å². The highest BCUT2D eigenvalue weighted by molar-refractivity contribution is 7.92. The number of pyridine rings is 2. The normalized spacial score (nSPS) is 11.6. The Balaban J connectivity index is 1.74. The summed E-state index contributed by atoms with van der Waals surface area (Å²) in [6.45, 7) is 1.87. The van der Waals surface area contributed by atoms with Gasteiger partial charge in [-0.3, -0.25) is 9.71 Å². The summed E-state index contributed by atoms with van der Waals surface area (Å²) in [4.78, 5) is 13.8. The Labute approximate surface area is 154 Å². The molecule has 0 saturated heterocycles. The van der Waals surface area contributed by atoms with E-state index < -0.39 is 10.0 Å². The highest BCUT2D eigenvalue weighted by Gasteiger charge is 2.17. The maximum absolute atomic E-state index is 12.6. The fraction of sp³-hybridized carbons (Fsp3) is 0.0556. The van der Waals surface area contributed by atoms with Crippen molar-refractivity contribution in [1.82, 2.24) is 15.0 Å². The lowest BCUT2D eigenvalue weighted by molar-refractivity contribution is 0.601. The van der Waals surface area contributed by atoms with Crippen LogP contribution in [0.5, 0.6) is 0 Å². The fourth-order valence-corrected chi connectivity index (χ4v) is 4.65. The largest absolute Gasteiger partial charge is 0.279 e. The zero-order valence-electron chi connectivity index (χ0n) is 13.7. The minimum Gasteiger partial charge on any atom is -0.279 e. The van der Waals surface area contributed by atoms with Crippen molar-refractivity contribution < 1.29 is 8.42 Å². The number of sulfonamides is 1. The standard InChI is InChI=1S/C18H14N4O2S2/c1-12-14(17-21-16-8-4-10-20-18(16)25-17)6-2-7-15(12)22-26(23,24)13-5-3-9-19-11-13/h2-11,22H,1H3. The lowest BCUT2D eigenvalue weighted by Crippen LogP contribution is -2.14. The van der Waals surface area contributed by atoms with Gasteiger partial charge in [0.25, 0.3) is 10.0 Å². The first-order valence-corrected chi connectivity index (χ1v) is 10.1. The molecule has 8 heteroatoms. The minimum absolute atomic E-state index is 0.119. The molecule has 1 N–H and O–H groups in total. The smallest absolute Gasteiger partial charge is 0.263 e. The Morgan fingerprint density at radius 1 is 1.04 bits per heavy atom. The molecule has 6 nitrogen and oxygen atoms in total. The van der Waals surface area contributed by atoms with E-state index in [1.165, 1.54) is 29.8 Å². The first-order chi connectivity index (χ1) is 12.5. The topological polar surface area (TPSA) is 84.8 Å². The second-order valence-electron chi connectivity index (χ2n) is 5.62. The predicted molar refractivity (Wildman–Crippen MR) is 103 cm³/mol. The van der Waals surface area contributed by atoms with E-state index in [0.717, 1.165) is 26.5 Å². The van der Waals surface area contributed by atoms with Gasteiger partial charge in [-0.2, -0.15) is 0 Å². The number of thiazole rings is 1. The van der Waals surface area contributed by atoms with Gasteiger partial charge in [0.15, 0.2) is 0 Å². The second-order valence-corrected chi connectivity index (χ2v) is 8.28. The number of benzene rings is 1. The second kappa shape index (κ2) is 6.47. The molecule has 0 amide bonds. The van der Waals surface area contributed by atoms with Crippen LogP contribution in [-0.2, 0) is 10.0 Å². The van der Waals surface area contributed by atoms with Crippen LogP contribution >= 0.6 is 11.3 Å². The highest BCUT2D eigenvalue weighted by Crippen LogP contribution is 2.34. The highest BCUT2D eigenvalue weighted by atomic mass is 32.2. The van der Waals surface area contributed by atoms with Gasteiger partial charge in [-0.05, 0) is 42.8 Å². The molecule has 0 aliphatic carbocycles. The number of hydrogen-bond donors (Lipinski definition) is 1. The van der Waals surface area contributed by atoms with E-state index >= 15 is 0 Å². The molecule has 130 valence electrons. The Morgan fingerprint density at radius 3 is 2.65 bits per heavy atom. The maximum Gasteiger partial charge on any atom is 0.263 e. The molecule has 3 heterocycles. The van der Waals surface area contributed by atoms with Crippen LogP contribution in [0.2, 0.25) is 0 Å². The summed E-state index contributed by atoms with van der Waals surface area (Å²) in [5.74, 6) is 0. The summed E-state index contributed by atoms with van der Waals surface area (Å²) in [7, 11) is -3.70. The van der Waals surface area contributed by atoms with E-state index in [1.807, 2.05) is 31.2 Å². The molecule has 0 aliphatic heterocycles. The van der Waals surface area contributed by atoms with Gasteiger partial charge in [0.1, 0.15) is 20.3 Å². The van der Waals surface area contributed by atoms with Crippen molar-refractivity contribution in [1.29, 1.82) is 0 Å². The van der Waals surface area contributed by atoms with E-state index in [-0.39, 0.29) is 4.90 Å². The van der Waals surface area contributed by atoms with Crippen molar-refractivity contribution in [3.05, 3.63) is 66.6 Å². The van der Waals surface area contributed by atoms with Gasteiger partial charge in [0.2, 0.25) is 0 Å². The number of fused-ring (bicyclic) bond motifs is 1. The van der Waals surface area contributed by atoms with E-state index in [4.69, 9.17) is 0 Å². The summed E-state index contributed by atoms with van der Waals surface area (Å²) in [6, 6.07) is 12.3. The third-order valence-corrected chi connectivity index (χ3v) is 6.28. The van der Waals surface area contributed by atoms with Gasteiger partial charge < -0.3 is 0 Å². The van der Waals surface area contributed by atoms with Crippen LogP contribution in [0.25, 0.3) is 20.9 Å². The summed E-state index contributed by atoms with van der Waals surface area (Å²) >= 11 is 1.48. The Morgan fingerprint density at radius 2 is 1.88 bits per heavy atom. The monoisotopic (exact) mass is 382 g/mol. The van der Waals surface area contributed by atoms with Crippen molar-refractivity contribution in [2.45, 2.75) is 11.8 Å². The number of anilines is 1. The molecule has 0 bridgehead atoms. The summed E-state index contributed by atoms with van der Waals surface area (Å²) in [5.41, 5.74) is 3.02. The third kappa shape index (κ3) is 3.04. The van der Waals surface area contributed by atoms with Gasteiger partial charge in [-0.25, -0.2) is 18.4 Å². The first-order valence-electron chi connectivity index (χ1n) is 7.79. The molecule has 0 saturated carbocycles. The van der Waals surface area contributed by atoms with Gasteiger partial charge >= 0.3 is 0 Å². The molecule has 26 heavy (non-hydrogen) atoms. The van der Waals surface area contributed by atoms with Crippen molar-refractivity contribution in [3.63, 3.8) is 0 Å². The summed E-state index contributed by atoms with van der Waals surface area (Å²) in [5, 5.41) is 0.804. The summed E-state index contributed by atoms with van der Waals surface area (Å²) < 4.78 is 27.8. The molecule has 4 rings (SSSR count). The Bertz CT molecular complexity index is 1160. The van der Waals surface area contributed by atoms with E-state index in [0.29, 0.717) is 5.69 Å². The predicted octanol–water partition coefficient (Wildman–Crippen LogP) is 3.86. The quantitative estimate of drug-likeness (QED) is 0.579. The Kier molecular flexibility index (Phi) is 4.14. The molecule has 3 aromatic heterocycles. The van der Waals surface area contributed by atoms with Crippen LogP contribution in [0.3, 0.4) is 0 Å². The molecule has 4 aromatic rings. The van der Waals surface area contributed by atoms with Crippen LogP contribution in [0.4, 0.5) is 5.69 Å². The number of nitrogens with one attached hydrogen (secondary N) is 1. The van der Waals surface area contributed by atoms with Gasteiger partial charge in [0.05, 0.1) is 5.69 Å². The third-order valence-electron chi connectivity index (χ3n) is 3.92. The average molecular weight is 382 g/mol. The zero-order valence-corrected chi connectivity index (χ0v) is 15.4. The van der Waals surface area contributed by atoms with Crippen LogP contribution < -0.4 is 4.72 Å². The van der Waals surface area contributed by atoms with Crippen molar-refractivity contribution in [3.8, 4) is 10.6 Å². The maximum atomic E-state index is 12.6. The van der Waals surface area contributed by atoms with E-state index in [1.54, 1.807) is 18.3 Å². The first kappa shape index (κ1) is 16.6. The van der Waals surface area contributed by atoms with Crippen molar-refractivity contribution in [2.75, 3.05) is 4.72 Å². The molecule has 0 fully saturated rings. The number of rotatable bonds is 4. The number of hydrogen-bond acceptors (Lipinski definition) is 6. The molecule has 0 unspecified atom stereocenters. The molecular formula is C18H14N4O2S2. The number of aromatic nitrogens is 3. The van der Waals surface area contributed by atoms with Crippen LogP contribution in [0, 0.1) is 6.92 Å². The van der Waals surface area contributed by atoms with Crippen molar-refractivity contribution >= 4 is 37.4 Å². The molecule has 1 aromatic carbocycles. The van der Waals surface area contributed by atoms with Crippen LogP contribution in [0.1, 0.15) is 5.56 Å². The summed E-state index contributed by atoms with van der Waals surface area (Å²) in [6.07, 6.45) is 4.59. The van der Waals surface area contributed by atoms with E-state index in [9.17, 15) is 8.42 Å². The molecule has 0 radical (unpaired) electrons. The van der Waals surface area contributed by atoms with Gasteiger partial charge in [-0.1, -0.05) is 23.5 Å². The molecular weight excluding hydrogens is 368 g/mol. The Hall–Kier alpha value is -2.84. The fourth-order valence-electron chi connectivity index (χ4n) is 2.57. The molecule has 0 spiro atoms. The lowest BCUT2D eigenvalue weighted by Gasteiger charge is -2.12. The minimum atomic E-state index is -3.70. The van der Waals surface area contributed by atoms with Crippen LogP contribution in [-0.4, -0.2) is 23.4 Å². The SMILES string of the molecule is Cc1c(NS(=O)(=O)c2cccnc2)cccc1-c1nc2cccnc2s1. The van der Waals surface area contributed by atoms with Crippen LogP contribution in [0.15, 0.2) is 66.0 Å². The number of nitrogens with zero attached hydrogens (tertiary/aromatic N) is 3. The van der Waals surface area contributed by atoms with Gasteiger partial charge in [-0.15, -0.1) is 0 Å². The molecule has 0 aliphatic rings. The van der Waals surface area contributed by atoms with Gasteiger partial charge in [0, 0.05) is 24.2 Å². The zero-order chi connectivity index (χ0) is 18.1. The lowest BCUT2D eigenvalue weighted by atomic mass is 10.1. The molecule has 0 atom stereocenters.